The van der Waals surface area contributed by atoms with E-state index in [1.807, 2.05) is 24.3 Å². The lowest BCUT2D eigenvalue weighted by Crippen LogP contribution is -2.46. The van der Waals surface area contributed by atoms with Gasteiger partial charge in [0.25, 0.3) is 0 Å². The molecule has 2 aromatic carbocycles. The molecule has 1 heterocycles. The van der Waals surface area contributed by atoms with E-state index in [0.29, 0.717) is 6.42 Å². The van der Waals surface area contributed by atoms with Crippen LogP contribution in [0.15, 0.2) is 48.5 Å². The molecule has 2 aliphatic carbocycles. The molecule has 0 spiro atoms. The zero-order chi connectivity index (χ0) is 20.0. The third kappa shape index (κ3) is 3.00. The molecule has 2 aromatic rings. The number of fused-ring (bicyclic) bond motifs is 4. The maximum Gasteiger partial charge on any atom is 0.410 e. The Morgan fingerprint density at radius 3 is 2.24 bits per heavy atom. The van der Waals surface area contributed by atoms with E-state index in [4.69, 9.17) is 4.74 Å². The third-order valence-electron chi connectivity index (χ3n) is 6.92. The van der Waals surface area contributed by atoms with Crippen molar-refractivity contribution in [1.29, 1.82) is 0 Å². The van der Waals surface area contributed by atoms with E-state index in [9.17, 15) is 14.7 Å². The predicted molar refractivity (Wildman–Crippen MR) is 109 cm³/mol. The van der Waals surface area contributed by atoms with Crippen LogP contribution in [0.25, 0.3) is 11.1 Å². The maximum atomic E-state index is 13.0. The van der Waals surface area contributed by atoms with Gasteiger partial charge in [0.1, 0.15) is 12.6 Å². The highest BCUT2D eigenvalue weighted by molar-refractivity contribution is 5.82. The van der Waals surface area contributed by atoms with Crippen LogP contribution in [-0.4, -0.2) is 40.8 Å². The molecule has 0 aromatic heterocycles. The van der Waals surface area contributed by atoms with E-state index in [0.717, 1.165) is 36.8 Å². The summed E-state index contributed by atoms with van der Waals surface area (Å²) in [5, 5.41) is 9.67. The standard InChI is InChI=1S/C24H25NO4/c26-23(27)22-13-15-7-1-6-12-21(15)25(22)24(28)29-14-20-18-10-4-2-8-16(18)17-9-3-5-11-19(17)20/h2-5,8-11,15,20-22H,1,6-7,12-14H2,(H,26,27)/t15-,21+,22-/m0/s1. The number of hydrogen-bond acceptors (Lipinski definition) is 3. The number of hydrogen-bond donors (Lipinski definition) is 1. The van der Waals surface area contributed by atoms with Crippen LogP contribution in [0.5, 0.6) is 0 Å². The lowest BCUT2D eigenvalue weighted by atomic mass is 9.85. The molecule has 29 heavy (non-hydrogen) atoms. The number of carbonyl (C=O) groups excluding carboxylic acids is 1. The van der Waals surface area contributed by atoms with E-state index < -0.39 is 18.1 Å². The molecule has 0 bridgehead atoms. The first-order valence-electron chi connectivity index (χ1n) is 10.5. The summed E-state index contributed by atoms with van der Waals surface area (Å²) in [5.41, 5.74) is 4.68. The average Bonchev–Trinajstić information content (AvgIpc) is 3.29. The fourth-order valence-corrected chi connectivity index (χ4v) is 5.61. The van der Waals surface area contributed by atoms with Crippen LogP contribution in [0.2, 0.25) is 0 Å². The van der Waals surface area contributed by atoms with Gasteiger partial charge in [0.2, 0.25) is 0 Å². The zero-order valence-electron chi connectivity index (χ0n) is 16.3. The Morgan fingerprint density at radius 1 is 0.966 bits per heavy atom. The largest absolute Gasteiger partial charge is 0.480 e. The predicted octanol–water partition coefficient (Wildman–Crippen LogP) is 4.65. The number of likely N-dealkylation sites (tertiary alicyclic amines) is 1. The minimum absolute atomic E-state index is 0.000463. The zero-order valence-corrected chi connectivity index (χ0v) is 16.3. The van der Waals surface area contributed by atoms with Crippen LogP contribution in [0, 0.1) is 5.92 Å². The second-order valence-electron chi connectivity index (χ2n) is 8.41. The van der Waals surface area contributed by atoms with Crippen LogP contribution in [0.4, 0.5) is 4.79 Å². The Labute approximate surface area is 170 Å². The number of ether oxygens (including phenoxy) is 1. The highest BCUT2D eigenvalue weighted by Crippen LogP contribution is 2.45. The van der Waals surface area contributed by atoms with Gasteiger partial charge in [0, 0.05) is 12.0 Å². The summed E-state index contributed by atoms with van der Waals surface area (Å²) in [6.07, 6.45) is 4.10. The normalized spacial score (nSPS) is 25.2. The van der Waals surface area contributed by atoms with Gasteiger partial charge in [-0.3, -0.25) is 4.90 Å². The molecule has 1 amide bonds. The topological polar surface area (TPSA) is 66.8 Å². The number of aliphatic carboxylic acids is 1. The summed E-state index contributed by atoms with van der Waals surface area (Å²) < 4.78 is 5.78. The SMILES string of the molecule is O=C(O)[C@@H]1C[C@@H]2CCCC[C@H]2N1C(=O)OCC1c2ccccc2-c2ccccc21. The van der Waals surface area contributed by atoms with Gasteiger partial charge in [-0.2, -0.15) is 0 Å². The molecule has 5 nitrogen and oxygen atoms in total. The van der Waals surface area contributed by atoms with Crippen molar-refractivity contribution in [2.75, 3.05) is 6.61 Å². The van der Waals surface area contributed by atoms with Crippen molar-refractivity contribution < 1.29 is 19.4 Å². The van der Waals surface area contributed by atoms with Crippen LogP contribution in [0.1, 0.15) is 49.1 Å². The molecule has 1 aliphatic heterocycles. The van der Waals surface area contributed by atoms with E-state index >= 15 is 0 Å². The van der Waals surface area contributed by atoms with Gasteiger partial charge in [0.05, 0.1) is 0 Å². The summed E-state index contributed by atoms with van der Waals surface area (Å²) >= 11 is 0. The minimum atomic E-state index is -0.923. The fourth-order valence-electron chi connectivity index (χ4n) is 5.61. The lowest BCUT2D eigenvalue weighted by Gasteiger charge is -2.32. The van der Waals surface area contributed by atoms with Crippen molar-refractivity contribution in [2.24, 2.45) is 5.92 Å². The molecule has 5 rings (SSSR count). The van der Waals surface area contributed by atoms with Gasteiger partial charge in [-0.15, -0.1) is 0 Å². The Balaban J connectivity index is 1.37. The van der Waals surface area contributed by atoms with Gasteiger partial charge in [-0.25, -0.2) is 9.59 Å². The van der Waals surface area contributed by atoms with Crippen molar-refractivity contribution in [3.05, 3.63) is 59.7 Å². The van der Waals surface area contributed by atoms with E-state index in [1.165, 1.54) is 16.0 Å². The number of amides is 1. The average molecular weight is 391 g/mol. The molecule has 5 heteroatoms. The van der Waals surface area contributed by atoms with Crippen LogP contribution in [0.3, 0.4) is 0 Å². The Morgan fingerprint density at radius 2 is 1.59 bits per heavy atom. The summed E-state index contributed by atoms with van der Waals surface area (Å²) in [6.45, 7) is 0.229. The summed E-state index contributed by atoms with van der Waals surface area (Å²) in [7, 11) is 0. The summed E-state index contributed by atoms with van der Waals surface area (Å²) in [5.74, 6) is -0.655. The summed E-state index contributed by atoms with van der Waals surface area (Å²) in [4.78, 5) is 26.4. The quantitative estimate of drug-likeness (QED) is 0.827. The molecular formula is C24H25NO4. The number of benzene rings is 2. The highest BCUT2D eigenvalue weighted by atomic mass is 16.6. The monoisotopic (exact) mass is 391 g/mol. The maximum absolute atomic E-state index is 13.0. The van der Waals surface area contributed by atoms with E-state index in [1.54, 1.807) is 0 Å². The number of carboxylic acid groups (broad SMARTS) is 1. The molecule has 2 fully saturated rings. The minimum Gasteiger partial charge on any atom is -0.480 e. The molecule has 0 radical (unpaired) electrons. The molecule has 1 saturated carbocycles. The highest BCUT2D eigenvalue weighted by Gasteiger charge is 2.48. The second kappa shape index (κ2) is 7.21. The van der Waals surface area contributed by atoms with Crippen LogP contribution in [-0.2, 0) is 9.53 Å². The lowest BCUT2D eigenvalue weighted by molar-refractivity contribution is -0.142. The molecule has 3 atom stereocenters. The van der Waals surface area contributed by atoms with Crippen molar-refractivity contribution in [1.82, 2.24) is 4.90 Å². The smallest absolute Gasteiger partial charge is 0.410 e. The first-order valence-corrected chi connectivity index (χ1v) is 10.5. The first-order chi connectivity index (χ1) is 14.1. The number of carboxylic acids is 1. The fraction of sp³-hybridized carbons (Fsp3) is 0.417. The van der Waals surface area contributed by atoms with E-state index in [2.05, 4.69) is 24.3 Å². The Kier molecular flexibility index (Phi) is 4.53. The molecule has 3 aliphatic rings. The summed E-state index contributed by atoms with van der Waals surface area (Å²) in [6, 6.07) is 15.7. The van der Waals surface area contributed by atoms with Gasteiger partial charge < -0.3 is 9.84 Å². The van der Waals surface area contributed by atoms with Gasteiger partial charge >= 0.3 is 12.1 Å². The first kappa shape index (κ1) is 18.2. The van der Waals surface area contributed by atoms with Gasteiger partial charge in [-0.05, 0) is 47.4 Å². The van der Waals surface area contributed by atoms with Crippen LogP contribution >= 0.6 is 0 Å². The molecule has 1 N–H and O–H groups in total. The van der Waals surface area contributed by atoms with Crippen molar-refractivity contribution in [3.8, 4) is 11.1 Å². The van der Waals surface area contributed by atoms with E-state index in [-0.39, 0.29) is 24.5 Å². The number of nitrogens with zero attached hydrogens (tertiary/aromatic N) is 1. The molecule has 150 valence electrons. The third-order valence-corrected chi connectivity index (χ3v) is 6.92. The van der Waals surface area contributed by atoms with Crippen molar-refractivity contribution >= 4 is 12.1 Å². The second-order valence-corrected chi connectivity index (χ2v) is 8.41. The van der Waals surface area contributed by atoms with Gasteiger partial charge in [0.15, 0.2) is 0 Å². The molecule has 1 saturated heterocycles. The molecule has 0 unspecified atom stereocenters. The number of carbonyl (C=O) groups is 2. The van der Waals surface area contributed by atoms with Crippen LogP contribution < -0.4 is 0 Å². The Bertz CT molecular complexity index is 910. The Hall–Kier alpha value is -2.82. The molecular weight excluding hydrogens is 366 g/mol. The number of rotatable bonds is 3. The van der Waals surface area contributed by atoms with Crippen molar-refractivity contribution in [2.45, 2.75) is 50.1 Å². The van der Waals surface area contributed by atoms with Crippen molar-refractivity contribution in [3.63, 3.8) is 0 Å². The van der Waals surface area contributed by atoms with Gasteiger partial charge in [-0.1, -0.05) is 61.4 Å².